The van der Waals surface area contributed by atoms with Gasteiger partial charge in [-0.2, -0.15) is 0 Å². The first-order valence-corrected chi connectivity index (χ1v) is 5.05. The largest absolute Gasteiger partial charge is 0.314 e. The Labute approximate surface area is 77.2 Å². The molecule has 1 aliphatic rings. The molecule has 0 aliphatic carbocycles. The van der Waals surface area contributed by atoms with Gasteiger partial charge in [-0.25, -0.2) is 0 Å². The molecule has 12 heavy (non-hydrogen) atoms. The van der Waals surface area contributed by atoms with Crippen LogP contribution in [0.15, 0.2) is 11.6 Å². The Morgan fingerprint density at radius 3 is 2.00 bits per heavy atom. The lowest BCUT2D eigenvalue weighted by Crippen LogP contribution is -2.39. The highest BCUT2D eigenvalue weighted by Crippen LogP contribution is 1.98. The summed E-state index contributed by atoms with van der Waals surface area (Å²) in [5.41, 5.74) is 0. The number of aromatic nitrogens is 1. The van der Waals surface area contributed by atoms with Crippen LogP contribution >= 0.6 is 11.3 Å². The van der Waals surface area contributed by atoms with E-state index in [0.29, 0.717) is 0 Å². The highest BCUT2D eigenvalue weighted by atomic mass is 32.1. The van der Waals surface area contributed by atoms with Gasteiger partial charge in [0.05, 0.1) is 5.01 Å². The lowest BCUT2D eigenvalue weighted by molar-refractivity contribution is 0.534. The minimum atomic E-state index is 1.13. The molecular formula is C8H15N3S. The van der Waals surface area contributed by atoms with Gasteiger partial charge in [0.1, 0.15) is 0 Å². The lowest BCUT2D eigenvalue weighted by atomic mass is 10.4. The number of rotatable bonds is 0. The second kappa shape index (κ2) is 6.11. The van der Waals surface area contributed by atoms with E-state index in [2.05, 4.69) is 15.6 Å². The molecule has 1 fully saturated rings. The van der Waals surface area contributed by atoms with Gasteiger partial charge in [0, 0.05) is 37.8 Å². The zero-order valence-corrected chi connectivity index (χ0v) is 8.16. The Morgan fingerprint density at radius 2 is 1.83 bits per heavy atom. The molecule has 4 heteroatoms. The molecule has 2 heterocycles. The number of hydrogen-bond acceptors (Lipinski definition) is 4. The summed E-state index contributed by atoms with van der Waals surface area (Å²) in [6.45, 7) is 6.55. The molecule has 0 amide bonds. The van der Waals surface area contributed by atoms with Crippen molar-refractivity contribution in [3.63, 3.8) is 0 Å². The van der Waals surface area contributed by atoms with Gasteiger partial charge in [0.15, 0.2) is 0 Å². The van der Waals surface area contributed by atoms with Crippen molar-refractivity contribution in [2.45, 2.75) is 6.92 Å². The molecule has 1 aliphatic heterocycles. The van der Waals surface area contributed by atoms with Crippen LogP contribution in [0.5, 0.6) is 0 Å². The fourth-order valence-electron chi connectivity index (χ4n) is 0.898. The SMILES string of the molecule is C1CNCCN1.Cc1nccs1. The van der Waals surface area contributed by atoms with Crippen molar-refractivity contribution in [2.75, 3.05) is 26.2 Å². The zero-order valence-electron chi connectivity index (χ0n) is 7.34. The Hall–Kier alpha value is -0.450. The first-order chi connectivity index (χ1) is 5.89. The number of hydrogen-bond donors (Lipinski definition) is 2. The van der Waals surface area contributed by atoms with E-state index < -0.39 is 0 Å². The third kappa shape index (κ3) is 4.43. The van der Waals surface area contributed by atoms with Crippen molar-refractivity contribution in [2.24, 2.45) is 0 Å². The van der Waals surface area contributed by atoms with E-state index >= 15 is 0 Å². The summed E-state index contributed by atoms with van der Waals surface area (Å²) in [6.07, 6.45) is 1.81. The molecule has 0 bridgehead atoms. The van der Waals surface area contributed by atoms with Gasteiger partial charge >= 0.3 is 0 Å². The van der Waals surface area contributed by atoms with Gasteiger partial charge in [0.25, 0.3) is 0 Å². The van der Waals surface area contributed by atoms with Crippen LogP contribution in [0, 0.1) is 6.92 Å². The van der Waals surface area contributed by atoms with E-state index in [-0.39, 0.29) is 0 Å². The number of piperazine rings is 1. The van der Waals surface area contributed by atoms with Crippen molar-refractivity contribution in [3.8, 4) is 0 Å². The van der Waals surface area contributed by atoms with Crippen LogP contribution < -0.4 is 10.6 Å². The van der Waals surface area contributed by atoms with Crippen LogP contribution in [-0.2, 0) is 0 Å². The molecule has 0 spiro atoms. The molecule has 1 aromatic rings. The summed E-state index contributed by atoms with van der Waals surface area (Å²) < 4.78 is 0. The number of nitrogens with zero attached hydrogens (tertiary/aromatic N) is 1. The first-order valence-electron chi connectivity index (χ1n) is 4.17. The number of aryl methyl sites for hydroxylation is 1. The Morgan fingerprint density at radius 1 is 1.25 bits per heavy atom. The molecule has 0 radical (unpaired) electrons. The first kappa shape index (κ1) is 9.64. The van der Waals surface area contributed by atoms with Crippen molar-refractivity contribution < 1.29 is 0 Å². The predicted octanol–water partition coefficient (Wildman–Crippen LogP) is 0.631. The van der Waals surface area contributed by atoms with Crippen LogP contribution in [-0.4, -0.2) is 31.2 Å². The van der Waals surface area contributed by atoms with Gasteiger partial charge in [0.2, 0.25) is 0 Å². The van der Waals surface area contributed by atoms with Gasteiger partial charge in [-0.05, 0) is 6.92 Å². The molecule has 2 N–H and O–H groups in total. The Bertz CT molecular complexity index is 171. The van der Waals surface area contributed by atoms with Crippen LogP contribution in [0.3, 0.4) is 0 Å². The van der Waals surface area contributed by atoms with Gasteiger partial charge < -0.3 is 10.6 Å². The maximum absolute atomic E-state index is 3.94. The van der Waals surface area contributed by atoms with Crippen molar-refractivity contribution >= 4 is 11.3 Å². The summed E-state index contributed by atoms with van der Waals surface area (Å²) in [4.78, 5) is 3.94. The molecule has 2 rings (SSSR count). The average molecular weight is 185 g/mol. The Balaban J connectivity index is 0.000000120. The minimum Gasteiger partial charge on any atom is -0.314 e. The van der Waals surface area contributed by atoms with Gasteiger partial charge in [-0.1, -0.05) is 0 Å². The second-order valence-electron chi connectivity index (χ2n) is 2.55. The van der Waals surface area contributed by atoms with Gasteiger partial charge in [-0.3, -0.25) is 4.98 Å². The van der Waals surface area contributed by atoms with E-state index in [0.717, 1.165) is 31.2 Å². The molecule has 68 valence electrons. The quantitative estimate of drug-likeness (QED) is 0.622. The fourth-order valence-corrected chi connectivity index (χ4v) is 1.34. The van der Waals surface area contributed by atoms with Crippen LogP contribution in [0.4, 0.5) is 0 Å². The van der Waals surface area contributed by atoms with Crippen LogP contribution in [0.2, 0.25) is 0 Å². The van der Waals surface area contributed by atoms with Gasteiger partial charge in [-0.15, -0.1) is 11.3 Å². The molecule has 0 atom stereocenters. The molecule has 1 saturated heterocycles. The third-order valence-electron chi connectivity index (χ3n) is 1.51. The summed E-state index contributed by atoms with van der Waals surface area (Å²) in [7, 11) is 0. The third-order valence-corrected chi connectivity index (χ3v) is 2.22. The second-order valence-corrected chi connectivity index (χ2v) is 3.65. The standard InChI is InChI=1S/C4H10N2.C4H5NS/c1-2-6-4-3-5-1;1-4-5-2-3-6-4/h5-6H,1-4H2;2-3H,1H3. The monoisotopic (exact) mass is 185 g/mol. The fraction of sp³-hybridized carbons (Fsp3) is 0.625. The van der Waals surface area contributed by atoms with Crippen LogP contribution in [0.25, 0.3) is 0 Å². The number of thiazole rings is 1. The zero-order chi connectivity index (χ0) is 8.65. The van der Waals surface area contributed by atoms with Crippen LogP contribution in [0.1, 0.15) is 5.01 Å². The maximum atomic E-state index is 3.94. The van der Waals surface area contributed by atoms with Crippen molar-refractivity contribution in [1.82, 2.24) is 15.6 Å². The Kier molecular flexibility index (Phi) is 4.91. The smallest absolute Gasteiger partial charge is 0.0893 e. The summed E-state index contributed by atoms with van der Waals surface area (Å²) in [5.74, 6) is 0. The molecule has 0 aromatic carbocycles. The molecule has 3 nitrogen and oxygen atoms in total. The maximum Gasteiger partial charge on any atom is 0.0893 e. The van der Waals surface area contributed by atoms with E-state index in [1.165, 1.54) is 0 Å². The molecule has 1 aromatic heterocycles. The highest BCUT2D eigenvalue weighted by Gasteiger charge is 1.91. The van der Waals surface area contributed by atoms with E-state index in [1.807, 2.05) is 12.3 Å². The molecular weight excluding hydrogens is 170 g/mol. The summed E-state index contributed by atoms with van der Waals surface area (Å²) in [6, 6.07) is 0. The average Bonchev–Trinajstić information content (AvgIpc) is 2.60. The lowest BCUT2D eigenvalue weighted by Gasteiger charge is -2.11. The topological polar surface area (TPSA) is 37.0 Å². The van der Waals surface area contributed by atoms with E-state index in [1.54, 1.807) is 17.5 Å². The number of nitrogens with one attached hydrogen (secondary N) is 2. The summed E-state index contributed by atoms with van der Waals surface area (Å²) in [5, 5.41) is 9.55. The van der Waals surface area contributed by atoms with E-state index in [4.69, 9.17) is 0 Å². The normalized spacial score (nSPS) is 16.4. The van der Waals surface area contributed by atoms with E-state index in [9.17, 15) is 0 Å². The highest BCUT2D eigenvalue weighted by molar-refractivity contribution is 7.09. The van der Waals surface area contributed by atoms with Crippen molar-refractivity contribution in [1.29, 1.82) is 0 Å². The minimum absolute atomic E-state index is 1.13. The summed E-state index contributed by atoms with van der Waals surface area (Å²) >= 11 is 1.67. The van der Waals surface area contributed by atoms with Crippen molar-refractivity contribution in [3.05, 3.63) is 16.6 Å². The molecule has 0 unspecified atom stereocenters. The molecule has 0 saturated carbocycles. The predicted molar refractivity (Wildman–Crippen MR) is 52.6 cm³/mol.